The predicted octanol–water partition coefficient (Wildman–Crippen LogP) is 2.90. The average Bonchev–Trinajstić information content (AvgIpc) is 2.37. The molecule has 1 amide bonds. The Labute approximate surface area is 124 Å². The number of primary amides is 1. The number of allylic oxidation sites excluding steroid dienone is 2. The van der Waals surface area contributed by atoms with Crippen LogP contribution in [0.15, 0.2) is 41.1 Å². The number of benzene rings is 1. The van der Waals surface area contributed by atoms with Crippen molar-refractivity contribution in [1.29, 1.82) is 0 Å². The maximum atomic E-state index is 11.7. The van der Waals surface area contributed by atoms with Crippen LogP contribution in [0.1, 0.15) is 5.56 Å². The van der Waals surface area contributed by atoms with Gasteiger partial charge in [-0.25, -0.2) is 0 Å². The highest BCUT2D eigenvalue weighted by Crippen LogP contribution is 2.32. The molecule has 0 unspecified atom stereocenters. The van der Waals surface area contributed by atoms with E-state index < -0.39 is 5.91 Å². The summed E-state index contributed by atoms with van der Waals surface area (Å²) in [5, 5.41) is 4.65. The molecule has 2 rings (SSSR count). The molecule has 1 aliphatic rings. The number of hydrogen-bond donors (Lipinski definition) is 2. The van der Waals surface area contributed by atoms with E-state index in [2.05, 4.69) is 10.5 Å². The zero-order valence-corrected chi connectivity index (χ0v) is 11.7. The number of hydrogen-bond acceptors (Lipinski definition) is 3. The second kappa shape index (κ2) is 5.65. The highest BCUT2D eigenvalue weighted by Gasteiger charge is 2.19. The van der Waals surface area contributed by atoms with Gasteiger partial charge in [0.15, 0.2) is 0 Å². The largest absolute Gasteiger partial charge is 0.366 e. The van der Waals surface area contributed by atoms with Crippen LogP contribution in [0.2, 0.25) is 10.0 Å². The Hall–Kier alpha value is -1.49. The normalized spacial score (nSPS) is 16.7. The zero-order chi connectivity index (χ0) is 14.0. The highest BCUT2D eigenvalue weighted by molar-refractivity contribution is 6.68. The van der Waals surface area contributed by atoms with E-state index in [1.165, 1.54) is 6.08 Å². The van der Waals surface area contributed by atoms with Crippen molar-refractivity contribution >= 4 is 51.5 Å². The Morgan fingerprint density at radius 2 is 1.95 bits per heavy atom. The van der Waals surface area contributed by atoms with Crippen LogP contribution in [0.4, 0.5) is 0 Å². The number of nitrogens with two attached hydrogens (primary N) is 1. The van der Waals surface area contributed by atoms with Gasteiger partial charge in [-0.3, -0.25) is 10.2 Å². The van der Waals surface area contributed by atoms with Crippen molar-refractivity contribution in [3.8, 4) is 0 Å². The van der Waals surface area contributed by atoms with Gasteiger partial charge in [0.1, 0.15) is 5.17 Å². The summed E-state index contributed by atoms with van der Waals surface area (Å²) in [7, 11) is 0. The Morgan fingerprint density at radius 1 is 1.21 bits per heavy atom. The van der Waals surface area contributed by atoms with Crippen molar-refractivity contribution in [2.45, 2.75) is 0 Å². The van der Waals surface area contributed by atoms with Crippen LogP contribution in [-0.2, 0) is 4.79 Å². The van der Waals surface area contributed by atoms with Crippen LogP contribution in [0.5, 0.6) is 0 Å². The molecule has 0 spiro atoms. The minimum atomic E-state index is -0.649. The van der Waals surface area contributed by atoms with Crippen LogP contribution < -0.4 is 11.2 Å². The Bertz CT molecular complexity index is 635. The number of nitrogens with zero attached hydrogens (tertiary/aromatic N) is 1. The van der Waals surface area contributed by atoms with E-state index in [1.54, 1.807) is 24.3 Å². The molecule has 0 saturated carbocycles. The summed E-state index contributed by atoms with van der Waals surface area (Å²) in [5.41, 5.74) is 9.07. The van der Waals surface area contributed by atoms with Crippen molar-refractivity contribution in [3.05, 3.63) is 51.7 Å². The average molecular weight is 317 g/mol. The van der Waals surface area contributed by atoms with E-state index in [4.69, 9.17) is 40.5 Å². The van der Waals surface area contributed by atoms with Crippen molar-refractivity contribution in [2.75, 3.05) is 0 Å². The lowest BCUT2D eigenvalue weighted by Gasteiger charge is -2.14. The predicted molar refractivity (Wildman–Crippen MR) is 78.1 cm³/mol. The molecule has 19 heavy (non-hydrogen) atoms. The lowest BCUT2D eigenvalue weighted by atomic mass is 10.0. The van der Waals surface area contributed by atoms with Crippen LogP contribution in [0.25, 0.3) is 5.57 Å². The highest BCUT2D eigenvalue weighted by atomic mass is 35.5. The molecule has 1 aliphatic heterocycles. The molecule has 1 aromatic carbocycles. The SMILES string of the molecule is NC(=O)/C(=C1/C=CC(Cl)=NN1)c1cccc(Cl)c1Cl. The second-order valence-electron chi connectivity index (χ2n) is 3.63. The van der Waals surface area contributed by atoms with Crippen LogP contribution in [0.3, 0.4) is 0 Å². The minimum absolute atomic E-state index is 0.191. The Kier molecular flexibility index (Phi) is 4.14. The summed E-state index contributed by atoms with van der Waals surface area (Å²) < 4.78 is 0. The molecule has 0 radical (unpaired) electrons. The molecular formula is C12H8Cl3N3O. The number of carbonyl (C=O) groups is 1. The van der Waals surface area contributed by atoms with E-state index in [0.717, 1.165) is 0 Å². The van der Waals surface area contributed by atoms with Crippen molar-refractivity contribution in [2.24, 2.45) is 10.8 Å². The van der Waals surface area contributed by atoms with Gasteiger partial charge in [-0.2, -0.15) is 5.10 Å². The van der Waals surface area contributed by atoms with E-state index in [-0.39, 0.29) is 15.8 Å². The van der Waals surface area contributed by atoms with E-state index in [1.807, 2.05) is 0 Å². The summed E-state index contributed by atoms with van der Waals surface area (Å²) in [4.78, 5) is 11.7. The number of hydrazone groups is 1. The van der Waals surface area contributed by atoms with Gasteiger partial charge < -0.3 is 5.73 Å². The number of carbonyl (C=O) groups excluding carboxylic acids is 1. The van der Waals surface area contributed by atoms with E-state index >= 15 is 0 Å². The van der Waals surface area contributed by atoms with Crippen molar-refractivity contribution in [3.63, 3.8) is 0 Å². The lowest BCUT2D eigenvalue weighted by Crippen LogP contribution is -2.20. The van der Waals surface area contributed by atoms with Gasteiger partial charge in [0.25, 0.3) is 5.91 Å². The summed E-state index contributed by atoms with van der Waals surface area (Å²) in [6, 6.07) is 4.95. The summed E-state index contributed by atoms with van der Waals surface area (Å²) in [5.74, 6) is -0.649. The number of amides is 1. The van der Waals surface area contributed by atoms with Gasteiger partial charge in [-0.15, -0.1) is 0 Å². The third-order valence-electron chi connectivity index (χ3n) is 2.41. The first kappa shape index (κ1) is 13.9. The monoisotopic (exact) mass is 315 g/mol. The summed E-state index contributed by atoms with van der Waals surface area (Å²) in [6.45, 7) is 0. The Balaban J connectivity index is 2.60. The fourth-order valence-corrected chi connectivity index (χ4v) is 2.09. The molecule has 0 atom stereocenters. The third kappa shape index (κ3) is 2.92. The molecule has 0 bridgehead atoms. The molecule has 0 aliphatic carbocycles. The molecule has 98 valence electrons. The van der Waals surface area contributed by atoms with Gasteiger partial charge in [0.2, 0.25) is 0 Å². The second-order valence-corrected chi connectivity index (χ2v) is 4.81. The van der Waals surface area contributed by atoms with Gasteiger partial charge in [-0.05, 0) is 18.2 Å². The topological polar surface area (TPSA) is 67.5 Å². The first-order valence-corrected chi connectivity index (χ1v) is 6.30. The standard InChI is InChI=1S/C12H8Cl3N3O/c13-7-3-1-2-6(11(7)15)10(12(16)19)8-4-5-9(14)18-17-8/h1-5,17H,(H2,16,19)/b10-8-. The molecule has 1 heterocycles. The molecule has 4 nitrogen and oxygen atoms in total. The maximum Gasteiger partial charge on any atom is 0.251 e. The number of rotatable bonds is 2. The zero-order valence-electron chi connectivity index (χ0n) is 9.45. The van der Waals surface area contributed by atoms with Gasteiger partial charge in [-0.1, -0.05) is 46.9 Å². The van der Waals surface area contributed by atoms with Crippen LogP contribution in [0, 0.1) is 0 Å². The van der Waals surface area contributed by atoms with Crippen LogP contribution in [-0.4, -0.2) is 11.1 Å². The minimum Gasteiger partial charge on any atom is -0.366 e. The van der Waals surface area contributed by atoms with Crippen molar-refractivity contribution in [1.82, 2.24) is 5.43 Å². The van der Waals surface area contributed by atoms with Gasteiger partial charge >= 0.3 is 0 Å². The lowest BCUT2D eigenvalue weighted by molar-refractivity contribution is -0.112. The van der Waals surface area contributed by atoms with E-state index in [9.17, 15) is 4.79 Å². The Morgan fingerprint density at radius 3 is 2.53 bits per heavy atom. The molecule has 0 saturated heterocycles. The third-order valence-corrected chi connectivity index (χ3v) is 3.44. The fraction of sp³-hybridized carbons (Fsp3) is 0. The molecule has 1 aromatic rings. The summed E-state index contributed by atoms with van der Waals surface area (Å²) >= 11 is 17.7. The first-order chi connectivity index (χ1) is 9.00. The van der Waals surface area contributed by atoms with Crippen LogP contribution >= 0.6 is 34.8 Å². The van der Waals surface area contributed by atoms with Crippen molar-refractivity contribution < 1.29 is 4.79 Å². The fourth-order valence-electron chi connectivity index (χ4n) is 1.59. The van der Waals surface area contributed by atoms with E-state index in [0.29, 0.717) is 16.3 Å². The smallest absolute Gasteiger partial charge is 0.251 e. The molecule has 0 fully saturated rings. The molecule has 7 heteroatoms. The summed E-state index contributed by atoms with van der Waals surface area (Å²) in [6.07, 6.45) is 3.13. The maximum absolute atomic E-state index is 11.7. The first-order valence-electron chi connectivity index (χ1n) is 5.16. The van der Waals surface area contributed by atoms with Gasteiger partial charge in [0, 0.05) is 5.56 Å². The number of halogens is 3. The molecule has 0 aromatic heterocycles. The molecular weight excluding hydrogens is 309 g/mol. The quantitative estimate of drug-likeness (QED) is 0.824. The number of nitrogens with one attached hydrogen (secondary N) is 1. The van der Waals surface area contributed by atoms with Gasteiger partial charge in [0.05, 0.1) is 21.3 Å². The molecule has 3 N–H and O–H groups in total.